The Morgan fingerprint density at radius 3 is 2.27 bits per heavy atom. The smallest absolute Gasteiger partial charge is 0.240 e. The second-order valence-electron chi connectivity index (χ2n) is 4.82. The molecular formula is C16H19NO4S. The van der Waals surface area contributed by atoms with Crippen molar-refractivity contribution in [2.75, 3.05) is 14.2 Å². The summed E-state index contributed by atoms with van der Waals surface area (Å²) in [6, 6.07) is 12.0. The van der Waals surface area contributed by atoms with Crippen LogP contribution in [0.5, 0.6) is 11.5 Å². The topological polar surface area (TPSA) is 64.6 Å². The Kier molecular flexibility index (Phi) is 5.05. The van der Waals surface area contributed by atoms with Gasteiger partial charge in [-0.2, -0.15) is 0 Å². The van der Waals surface area contributed by atoms with E-state index in [0.717, 1.165) is 11.1 Å². The van der Waals surface area contributed by atoms with Gasteiger partial charge < -0.3 is 9.47 Å². The van der Waals surface area contributed by atoms with Gasteiger partial charge >= 0.3 is 0 Å². The highest BCUT2D eigenvalue weighted by atomic mass is 32.2. The summed E-state index contributed by atoms with van der Waals surface area (Å²) in [5.74, 6) is 1.23. The molecule has 1 N–H and O–H groups in total. The van der Waals surface area contributed by atoms with Gasteiger partial charge in [-0.3, -0.25) is 0 Å². The highest BCUT2D eigenvalue weighted by Crippen LogP contribution is 2.24. The van der Waals surface area contributed by atoms with Crippen LogP contribution in [0.3, 0.4) is 0 Å². The molecule has 6 heteroatoms. The molecule has 0 unspecified atom stereocenters. The molecule has 5 nitrogen and oxygen atoms in total. The standard InChI is InChI=1S/C16H19NO4S/c1-12-4-8-15(9-5-12)22(18,19)17-11-13-6-7-14(20-2)10-16(13)21-3/h4-10,17H,11H2,1-3H3. The van der Waals surface area contributed by atoms with Crippen LogP contribution in [0.2, 0.25) is 0 Å². The van der Waals surface area contributed by atoms with Crippen molar-refractivity contribution in [3.8, 4) is 11.5 Å². The van der Waals surface area contributed by atoms with Crippen LogP contribution in [0.25, 0.3) is 0 Å². The SMILES string of the molecule is COc1ccc(CNS(=O)(=O)c2ccc(C)cc2)c(OC)c1. The maximum atomic E-state index is 12.3. The molecule has 22 heavy (non-hydrogen) atoms. The van der Waals surface area contributed by atoms with Gasteiger partial charge in [0.15, 0.2) is 0 Å². The molecule has 0 saturated heterocycles. The van der Waals surface area contributed by atoms with E-state index in [0.29, 0.717) is 11.5 Å². The number of rotatable bonds is 6. The van der Waals surface area contributed by atoms with Crippen molar-refractivity contribution in [3.05, 3.63) is 53.6 Å². The molecule has 2 aromatic rings. The van der Waals surface area contributed by atoms with Crippen LogP contribution in [0.1, 0.15) is 11.1 Å². The first-order valence-corrected chi connectivity index (χ1v) is 8.22. The molecule has 0 aliphatic carbocycles. The molecule has 0 spiro atoms. The van der Waals surface area contributed by atoms with Gasteiger partial charge in [-0.15, -0.1) is 0 Å². The van der Waals surface area contributed by atoms with E-state index in [1.165, 1.54) is 7.11 Å². The first kappa shape index (κ1) is 16.3. The summed E-state index contributed by atoms with van der Waals surface area (Å²) in [4.78, 5) is 0.241. The molecule has 2 aromatic carbocycles. The fourth-order valence-electron chi connectivity index (χ4n) is 1.97. The minimum atomic E-state index is -3.55. The molecule has 0 fully saturated rings. The zero-order chi connectivity index (χ0) is 16.2. The Balaban J connectivity index is 2.17. The number of sulfonamides is 1. The van der Waals surface area contributed by atoms with Gasteiger partial charge in [0.25, 0.3) is 0 Å². The van der Waals surface area contributed by atoms with Crippen molar-refractivity contribution < 1.29 is 17.9 Å². The number of ether oxygens (including phenoxy) is 2. The van der Waals surface area contributed by atoms with E-state index in [4.69, 9.17) is 9.47 Å². The summed E-state index contributed by atoms with van der Waals surface area (Å²) >= 11 is 0. The molecule has 0 bridgehead atoms. The van der Waals surface area contributed by atoms with E-state index < -0.39 is 10.0 Å². The van der Waals surface area contributed by atoms with Crippen LogP contribution in [-0.2, 0) is 16.6 Å². The van der Waals surface area contributed by atoms with Gasteiger partial charge in [0.05, 0.1) is 19.1 Å². The number of methoxy groups -OCH3 is 2. The molecule has 2 rings (SSSR count). The van der Waals surface area contributed by atoms with Gasteiger partial charge in [0.2, 0.25) is 10.0 Å². The van der Waals surface area contributed by atoms with Crippen LogP contribution >= 0.6 is 0 Å². The fourth-order valence-corrected chi connectivity index (χ4v) is 2.98. The van der Waals surface area contributed by atoms with Gasteiger partial charge in [0.1, 0.15) is 11.5 Å². The molecule has 0 aliphatic rings. The maximum absolute atomic E-state index is 12.3. The summed E-state index contributed by atoms with van der Waals surface area (Å²) in [6.07, 6.45) is 0. The summed E-state index contributed by atoms with van der Waals surface area (Å²) in [6.45, 7) is 2.05. The Hall–Kier alpha value is -2.05. The largest absolute Gasteiger partial charge is 0.497 e. The molecule has 118 valence electrons. The molecular weight excluding hydrogens is 302 g/mol. The van der Waals surface area contributed by atoms with Crippen molar-refractivity contribution in [2.24, 2.45) is 0 Å². The van der Waals surface area contributed by atoms with E-state index in [2.05, 4.69) is 4.72 Å². The Bertz CT molecular complexity index is 739. The molecule has 0 aromatic heterocycles. The highest BCUT2D eigenvalue weighted by molar-refractivity contribution is 7.89. The van der Waals surface area contributed by atoms with E-state index in [-0.39, 0.29) is 11.4 Å². The number of aryl methyl sites for hydroxylation is 1. The quantitative estimate of drug-likeness (QED) is 0.888. The van der Waals surface area contributed by atoms with E-state index >= 15 is 0 Å². The summed E-state index contributed by atoms with van der Waals surface area (Å²) in [7, 11) is -0.454. The van der Waals surface area contributed by atoms with Crippen molar-refractivity contribution in [3.63, 3.8) is 0 Å². The molecule has 0 saturated carbocycles. The average molecular weight is 321 g/mol. The van der Waals surface area contributed by atoms with Gasteiger partial charge in [-0.05, 0) is 25.1 Å². The monoisotopic (exact) mass is 321 g/mol. The lowest BCUT2D eigenvalue weighted by molar-refractivity contribution is 0.390. The number of nitrogens with one attached hydrogen (secondary N) is 1. The average Bonchev–Trinajstić information content (AvgIpc) is 2.53. The second kappa shape index (κ2) is 6.81. The van der Waals surface area contributed by atoms with Crippen molar-refractivity contribution >= 4 is 10.0 Å². The number of benzene rings is 2. The number of hydrogen-bond donors (Lipinski definition) is 1. The first-order chi connectivity index (χ1) is 10.5. The Morgan fingerprint density at radius 2 is 1.68 bits per heavy atom. The van der Waals surface area contributed by atoms with Crippen LogP contribution in [0.15, 0.2) is 47.4 Å². The lowest BCUT2D eigenvalue weighted by Gasteiger charge is -2.12. The minimum Gasteiger partial charge on any atom is -0.497 e. The van der Waals surface area contributed by atoms with Gasteiger partial charge in [-0.1, -0.05) is 23.8 Å². The second-order valence-corrected chi connectivity index (χ2v) is 6.58. The van der Waals surface area contributed by atoms with Crippen molar-refractivity contribution in [2.45, 2.75) is 18.4 Å². The summed E-state index contributed by atoms with van der Waals surface area (Å²) in [5, 5.41) is 0. The third kappa shape index (κ3) is 3.78. The first-order valence-electron chi connectivity index (χ1n) is 6.73. The van der Waals surface area contributed by atoms with Crippen LogP contribution in [0, 0.1) is 6.92 Å². The molecule has 0 amide bonds. The normalized spacial score (nSPS) is 11.2. The van der Waals surface area contributed by atoms with Crippen LogP contribution < -0.4 is 14.2 Å². The third-order valence-corrected chi connectivity index (χ3v) is 4.70. The minimum absolute atomic E-state index is 0.142. The molecule has 0 heterocycles. The lowest BCUT2D eigenvalue weighted by Crippen LogP contribution is -2.23. The third-order valence-electron chi connectivity index (χ3n) is 3.28. The Labute approximate surface area is 130 Å². The van der Waals surface area contributed by atoms with Gasteiger partial charge in [0, 0.05) is 18.2 Å². The zero-order valence-corrected chi connectivity index (χ0v) is 13.6. The lowest BCUT2D eigenvalue weighted by atomic mass is 10.2. The van der Waals surface area contributed by atoms with E-state index in [1.54, 1.807) is 49.6 Å². The highest BCUT2D eigenvalue weighted by Gasteiger charge is 2.14. The molecule has 0 aliphatic heterocycles. The van der Waals surface area contributed by atoms with Crippen LogP contribution in [-0.4, -0.2) is 22.6 Å². The summed E-state index contributed by atoms with van der Waals surface area (Å²) in [5.41, 5.74) is 1.75. The molecule has 0 radical (unpaired) electrons. The van der Waals surface area contributed by atoms with Crippen molar-refractivity contribution in [1.29, 1.82) is 0 Å². The fraction of sp³-hybridized carbons (Fsp3) is 0.250. The maximum Gasteiger partial charge on any atom is 0.240 e. The van der Waals surface area contributed by atoms with E-state index in [1.807, 2.05) is 6.92 Å². The molecule has 0 atom stereocenters. The summed E-state index contributed by atoms with van der Waals surface area (Å²) < 4.78 is 37.5. The Morgan fingerprint density at radius 1 is 1.00 bits per heavy atom. The van der Waals surface area contributed by atoms with E-state index in [9.17, 15) is 8.42 Å². The predicted molar refractivity (Wildman–Crippen MR) is 84.8 cm³/mol. The number of hydrogen-bond acceptors (Lipinski definition) is 4. The van der Waals surface area contributed by atoms with Crippen molar-refractivity contribution in [1.82, 2.24) is 4.72 Å². The van der Waals surface area contributed by atoms with Gasteiger partial charge in [-0.25, -0.2) is 13.1 Å². The predicted octanol–water partition coefficient (Wildman–Crippen LogP) is 2.49. The zero-order valence-electron chi connectivity index (χ0n) is 12.8. The van der Waals surface area contributed by atoms with Crippen LogP contribution in [0.4, 0.5) is 0 Å².